The van der Waals surface area contributed by atoms with Gasteiger partial charge in [-0.2, -0.15) is 0 Å². The molecule has 1 aromatic heterocycles. The number of halogens is 2. The second-order valence-electron chi connectivity index (χ2n) is 7.82. The molecule has 0 unspecified atom stereocenters. The molecule has 0 spiro atoms. The van der Waals surface area contributed by atoms with E-state index in [1.165, 1.54) is 24.3 Å². The van der Waals surface area contributed by atoms with Gasteiger partial charge in [0.25, 0.3) is 10.0 Å². The normalized spacial score (nSPS) is 11.7. The highest BCUT2D eigenvalue weighted by Gasteiger charge is 2.26. The van der Waals surface area contributed by atoms with Gasteiger partial charge in [0.15, 0.2) is 0 Å². The van der Waals surface area contributed by atoms with Crippen LogP contribution in [0.15, 0.2) is 89.8 Å². The summed E-state index contributed by atoms with van der Waals surface area (Å²) in [7, 11) is -4.21. The average molecular weight is 526 g/mol. The number of nitrogens with zero attached hydrogens (tertiary/aromatic N) is 1. The molecule has 5 aromatic rings. The molecular weight excluding hydrogens is 509 g/mol. The average Bonchev–Trinajstić information content (AvgIpc) is 3.23. The standard InChI is InChI=1S/C26H17Cl2NO5S/c27-22-6-3-7-23(28)21(22)15-34-19-9-11-24-18(12-19)14-25(26(30)31)29(24)35(32,33)20-10-8-16-4-1-2-5-17(16)13-20/h1-14H,15H2,(H,30,31). The Balaban J connectivity index is 1.57. The summed E-state index contributed by atoms with van der Waals surface area (Å²) in [6.45, 7) is 0.0892. The largest absolute Gasteiger partial charge is 0.489 e. The number of aromatic nitrogens is 1. The van der Waals surface area contributed by atoms with Gasteiger partial charge >= 0.3 is 5.97 Å². The van der Waals surface area contributed by atoms with Crippen LogP contribution in [0.5, 0.6) is 5.75 Å². The van der Waals surface area contributed by atoms with Crippen molar-refractivity contribution in [2.45, 2.75) is 11.5 Å². The molecule has 6 nitrogen and oxygen atoms in total. The maximum Gasteiger partial charge on any atom is 0.353 e. The predicted molar refractivity (Wildman–Crippen MR) is 136 cm³/mol. The zero-order valence-electron chi connectivity index (χ0n) is 18.0. The molecule has 0 bridgehead atoms. The van der Waals surface area contributed by atoms with Crippen LogP contribution in [0, 0.1) is 0 Å². The third-order valence-electron chi connectivity index (χ3n) is 5.65. The van der Waals surface area contributed by atoms with Crippen molar-refractivity contribution in [2.75, 3.05) is 0 Å². The van der Waals surface area contributed by atoms with Crippen LogP contribution in [0.3, 0.4) is 0 Å². The summed E-state index contributed by atoms with van der Waals surface area (Å²) in [5, 5.41) is 12.7. The fraction of sp³-hybridized carbons (Fsp3) is 0.0385. The van der Waals surface area contributed by atoms with E-state index in [0.717, 1.165) is 14.7 Å². The van der Waals surface area contributed by atoms with E-state index in [4.69, 9.17) is 27.9 Å². The Bertz CT molecular complexity index is 1710. The number of benzene rings is 4. The molecule has 9 heteroatoms. The van der Waals surface area contributed by atoms with Crippen molar-refractivity contribution in [3.63, 3.8) is 0 Å². The smallest absolute Gasteiger partial charge is 0.353 e. The van der Waals surface area contributed by atoms with Crippen LogP contribution >= 0.6 is 23.2 Å². The van der Waals surface area contributed by atoms with Gasteiger partial charge in [0, 0.05) is 21.0 Å². The van der Waals surface area contributed by atoms with E-state index in [0.29, 0.717) is 26.7 Å². The topological polar surface area (TPSA) is 85.6 Å². The van der Waals surface area contributed by atoms with Crippen molar-refractivity contribution in [3.05, 3.63) is 106 Å². The van der Waals surface area contributed by atoms with E-state index in [2.05, 4.69) is 0 Å². The van der Waals surface area contributed by atoms with Crippen LogP contribution < -0.4 is 4.74 Å². The van der Waals surface area contributed by atoms with Crippen molar-refractivity contribution >= 4 is 60.9 Å². The highest BCUT2D eigenvalue weighted by molar-refractivity contribution is 7.90. The van der Waals surface area contributed by atoms with Crippen LogP contribution in [-0.2, 0) is 16.6 Å². The van der Waals surface area contributed by atoms with Gasteiger partial charge < -0.3 is 9.84 Å². The van der Waals surface area contributed by atoms with Gasteiger partial charge in [0.05, 0.1) is 10.4 Å². The first-order valence-electron chi connectivity index (χ1n) is 10.4. The number of hydrogen-bond acceptors (Lipinski definition) is 4. The van der Waals surface area contributed by atoms with E-state index in [9.17, 15) is 18.3 Å². The number of carboxylic acid groups (broad SMARTS) is 1. The van der Waals surface area contributed by atoms with Crippen molar-refractivity contribution < 1.29 is 23.1 Å². The fourth-order valence-electron chi connectivity index (χ4n) is 3.93. The molecule has 0 aliphatic carbocycles. The van der Waals surface area contributed by atoms with Gasteiger partial charge in [-0.1, -0.05) is 59.6 Å². The molecule has 0 saturated heterocycles. The first kappa shape index (κ1) is 23.2. The van der Waals surface area contributed by atoms with Gasteiger partial charge in [0.2, 0.25) is 0 Å². The van der Waals surface area contributed by atoms with Gasteiger partial charge in [-0.05, 0) is 59.3 Å². The minimum Gasteiger partial charge on any atom is -0.489 e. The lowest BCUT2D eigenvalue weighted by Gasteiger charge is -2.12. The molecule has 0 fully saturated rings. The monoisotopic (exact) mass is 525 g/mol. The van der Waals surface area contributed by atoms with Crippen molar-refractivity contribution in [1.29, 1.82) is 0 Å². The zero-order valence-corrected chi connectivity index (χ0v) is 20.3. The SMILES string of the molecule is O=C(O)c1cc2cc(OCc3c(Cl)cccc3Cl)ccc2n1S(=O)(=O)c1ccc2ccccc2c1. The summed E-state index contributed by atoms with van der Waals surface area (Å²) in [6.07, 6.45) is 0. The number of aromatic carboxylic acids is 1. The second kappa shape index (κ2) is 8.92. The summed E-state index contributed by atoms with van der Waals surface area (Å²) in [5.74, 6) is -0.957. The number of ether oxygens (including phenoxy) is 1. The number of carbonyl (C=O) groups is 1. The Hall–Kier alpha value is -3.52. The van der Waals surface area contributed by atoms with Gasteiger partial charge in [-0.15, -0.1) is 0 Å². The molecule has 4 aromatic carbocycles. The third-order valence-corrected chi connectivity index (χ3v) is 8.08. The summed E-state index contributed by atoms with van der Waals surface area (Å²) in [5.41, 5.74) is 0.455. The fourth-order valence-corrected chi connectivity index (χ4v) is 5.97. The van der Waals surface area contributed by atoms with E-state index >= 15 is 0 Å². The second-order valence-corrected chi connectivity index (χ2v) is 10.4. The molecule has 35 heavy (non-hydrogen) atoms. The van der Waals surface area contributed by atoms with Crippen molar-refractivity contribution in [2.24, 2.45) is 0 Å². The molecule has 0 aliphatic heterocycles. The first-order valence-corrected chi connectivity index (χ1v) is 12.6. The maximum absolute atomic E-state index is 13.6. The van der Waals surface area contributed by atoms with Gasteiger partial charge in [0.1, 0.15) is 18.1 Å². The lowest BCUT2D eigenvalue weighted by atomic mass is 10.1. The Morgan fingerprint density at radius 2 is 1.54 bits per heavy atom. The Morgan fingerprint density at radius 1 is 0.829 bits per heavy atom. The van der Waals surface area contributed by atoms with Gasteiger partial charge in [-0.3, -0.25) is 0 Å². The third kappa shape index (κ3) is 4.23. The predicted octanol–water partition coefficient (Wildman–Crippen LogP) is 6.62. The number of carboxylic acids is 1. The van der Waals surface area contributed by atoms with Crippen LogP contribution in [0.2, 0.25) is 10.0 Å². The molecule has 0 atom stereocenters. The summed E-state index contributed by atoms with van der Waals surface area (Å²) >= 11 is 12.4. The molecule has 1 N–H and O–H groups in total. The molecule has 0 radical (unpaired) electrons. The Labute approximate surface area is 210 Å². The number of rotatable bonds is 6. The highest BCUT2D eigenvalue weighted by Crippen LogP contribution is 2.31. The molecule has 0 aliphatic rings. The summed E-state index contributed by atoms with van der Waals surface area (Å²) in [4.78, 5) is 12.0. The molecule has 0 saturated carbocycles. The van der Waals surface area contributed by atoms with E-state index < -0.39 is 16.0 Å². The molecule has 5 rings (SSSR count). The van der Waals surface area contributed by atoms with Crippen molar-refractivity contribution in [3.8, 4) is 5.75 Å². The number of hydrogen-bond donors (Lipinski definition) is 1. The van der Waals surface area contributed by atoms with E-state index in [1.54, 1.807) is 42.5 Å². The van der Waals surface area contributed by atoms with Crippen LogP contribution in [0.25, 0.3) is 21.7 Å². The molecule has 0 amide bonds. The lowest BCUT2D eigenvalue weighted by Crippen LogP contribution is -2.18. The first-order chi connectivity index (χ1) is 16.8. The maximum atomic E-state index is 13.6. The van der Waals surface area contributed by atoms with E-state index in [-0.39, 0.29) is 22.7 Å². The van der Waals surface area contributed by atoms with Crippen LogP contribution in [0.1, 0.15) is 16.1 Å². The highest BCUT2D eigenvalue weighted by atomic mass is 35.5. The summed E-state index contributed by atoms with van der Waals surface area (Å²) < 4.78 is 33.8. The molecular formula is C26H17Cl2NO5S. The molecule has 176 valence electrons. The van der Waals surface area contributed by atoms with Crippen LogP contribution in [-0.4, -0.2) is 23.5 Å². The number of fused-ring (bicyclic) bond motifs is 2. The lowest BCUT2D eigenvalue weighted by molar-refractivity contribution is 0.0689. The molecule has 1 heterocycles. The minimum atomic E-state index is -4.21. The Morgan fingerprint density at radius 3 is 2.26 bits per heavy atom. The van der Waals surface area contributed by atoms with Gasteiger partial charge in [-0.25, -0.2) is 17.2 Å². The van der Waals surface area contributed by atoms with Crippen molar-refractivity contribution in [1.82, 2.24) is 3.97 Å². The zero-order chi connectivity index (χ0) is 24.7. The quantitative estimate of drug-likeness (QED) is 0.269. The van der Waals surface area contributed by atoms with Crippen LogP contribution in [0.4, 0.5) is 0 Å². The minimum absolute atomic E-state index is 0.00936. The Kier molecular flexibility index (Phi) is 5.92. The van der Waals surface area contributed by atoms with E-state index in [1.807, 2.05) is 18.2 Å². The summed E-state index contributed by atoms with van der Waals surface area (Å²) in [6, 6.07) is 23.2.